The van der Waals surface area contributed by atoms with Gasteiger partial charge in [-0.3, -0.25) is 4.79 Å². The lowest BCUT2D eigenvalue weighted by Crippen LogP contribution is -2.05. The topological polar surface area (TPSA) is 17.1 Å². The van der Waals surface area contributed by atoms with Crippen molar-refractivity contribution in [2.45, 2.75) is 12.3 Å². The summed E-state index contributed by atoms with van der Waals surface area (Å²) in [6.07, 6.45) is 0.369. The van der Waals surface area contributed by atoms with Crippen molar-refractivity contribution in [3.8, 4) is 0 Å². The summed E-state index contributed by atoms with van der Waals surface area (Å²) < 4.78 is 0. The lowest BCUT2D eigenvalue weighted by Gasteiger charge is -2.16. The molecule has 1 unspecified atom stereocenters. The van der Waals surface area contributed by atoms with E-state index in [0.29, 0.717) is 11.4 Å². The molecule has 0 spiro atoms. The van der Waals surface area contributed by atoms with Gasteiger partial charge in [0.1, 0.15) is 0 Å². The Morgan fingerprint density at radius 2 is 1.72 bits per heavy atom. The Hall–Kier alpha value is -1.25. The Morgan fingerprint density at radius 1 is 1.06 bits per heavy atom. The SMILES string of the molecule is O=C(S)CC(c1ccccc1)c1cccc(Cl)c1. The molecule has 92 valence electrons. The smallest absolute Gasteiger partial charge is 0.186 e. The zero-order valence-electron chi connectivity index (χ0n) is 9.71. The molecule has 0 fully saturated rings. The normalized spacial score (nSPS) is 12.1. The second kappa shape index (κ2) is 6.07. The molecule has 0 amide bonds. The maximum absolute atomic E-state index is 11.3. The number of rotatable bonds is 4. The van der Waals surface area contributed by atoms with Crippen LogP contribution in [0.1, 0.15) is 23.5 Å². The summed E-state index contributed by atoms with van der Waals surface area (Å²) in [7, 11) is 0. The van der Waals surface area contributed by atoms with E-state index >= 15 is 0 Å². The third-order valence-electron chi connectivity index (χ3n) is 2.83. The van der Waals surface area contributed by atoms with E-state index in [0.717, 1.165) is 11.1 Å². The first-order chi connectivity index (χ1) is 8.66. The highest BCUT2D eigenvalue weighted by molar-refractivity contribution is 7.96. The van der Waals surface area contributed by atoms with E-state index in [1.165, 1.54) is 0 Å². The Balaban J connectivity index is 2.40. The van der Waals surface area contributed by atoms with Crippen molar-refractivity contribution in [2.75, 3.05) is 0 Å². The second-order valence-corrected chi connectivity index (χ2v) is 5.05. The first-order valence-corrected chi connectivity index (χ1v) is 6.51. The molecule has 3 heteroatoms. The summed E-state index contributed by atoms with van der Waals surface area (Å²) in [5, 5.41) is 0.559. The van der Waals surface area contributed by atoms with Crippen LogP contribution in [-0.2, 0) is 4.79 Å². The Kier molecular flexibility index (Phi) is 4.45. The summed E-state index contributed by atoms with van der Waals surface area (Å²) >= 11 is 9.90. The van der Waals surface area contributed by atoms with E-state index in [9.17, 15) is 4.79 Å². The molecule has 0 aromatic heterocycles. The number of hydrogen-bond acceptors (Lipinski definition) is 1. The summed E-state index contributed by atoms with van der Waals surface area (Å²) in [5.41, 5.74) is 2.14. The van der Waals surface area contributed by atoms with Gasteiger partial charge in [0.25, 0.3) is 0 Å². The number of carbonyl (C=O) groups is 1. The van der Waals surface area contributed by atoms with Crippen LogP contribution in [0.25, 0.3) is 0 Å². The largest absolute Gasteiger partial charge is 0.287 e. The number of hydrogen-bond donors (Lipinski definition) is 1. The Labute approximate surface area is 117 Å². The number of thiol groups is 1. The maximum Gasteiger partial charge on any atom is 0.186 e. The minimum atomic E-state index is -0.121. The molecule has 1 nitrogen and oxygen atoms in total. The van der Waals surface area contributed by atoms with E-state index in [1.54, 1.807) is 0 Å². The second-order valence-electron chi connectivity index (χ2n) is 4.12. The van der Waals surface area contributed by atoms with Crippen LogP contribution in [0.3, 0.4) is 0 Å². The highest BCUT2D eigenvalue weighted by Crippen LogP contribution is 2.30. The molecular formula is C15H13ClOS. The van der Waals surface area contributed by atoms with E-state index in [2.05, 4.69) is 12.6 Å². The molecule has 0 bridgehead atoms. The molecule has 0 saturated carbocycles. The van der Waals surface area contributed by atoms with Crippen LogP contribution >= 0.6 is 24.2 Å². The predicted octanol–water partition coefficient (Wildman–Crippen LogP) is 4.32. The average Bonchev–Trinajstić information content (AvgIpc) is 2.37. The molecule has 0 N–H and O–H groups in total. The Bertz CT molecular complexity index is 539. The predicted molar refractivity (Wildman–Crippen MR) is 78.3 cm³/mol. The van der Waals surface area contributed by atoms with Crippen molar-refractivity contribution < 1.29 is 4.79 Å². The van der Waals surface area contributed by atoms with Crippen molar-refractivity contribution in [2.24, 2.45) is 0 Å². The minimum Gasteiger partial charge on any atom is -0.287 e. The fraction of sp³-hybridized carbons (Fsp3) is 0.133. The van der Waals surface area contributed by atoms with Crippen molar-refractivity contribution >= 4 is 29.3 Å². The average molecular weight is 277 g/mol. The van der Waals surface area contributed by atoms with Gasteiger partial charge < -0.3 is 0 Å². The fourth-order valence-electron chi connectivity index (χ4n) is 2.01. The van der Waals surface area contributed by atoms with Crippen LogP contribution < -0.4 is 0 Å². The zero-order valence-corrected chi connectivity index (χ0v) is 11.4. The van der Waals surface area contributed by atoms with Crippen LogP contribution in [0.15, 0.2) is 54.6 Å². The number of carbonyl (C=O) groups excluding carboxylic acids is 1. The van der Waals surface area contributed by atoms with Gasteiger partial charge in [-0.1, -0.05) is 54.1 Å². The summed E-state index contributed by atoms with van der Waals surface area (Å²) in [6, 6.07) is 17.5. The molecule has 2 rings (SSSR count). The van der Waals surface area contributed by atoms with E-state index in [1.807, 2.05) is 54.6 Å². The highest BCUT2D eigenvalue weighted by Gasteiger charge is 2.16. The number of benzene rings is 2. The van der Waals surface area contributed by atoms with Crippen molar-refractivity contribution in [3.63, 3.8) is 0 Å². The minimum absolute atomic E-state index is 0.00917. The molecule has 0 heterocycles. The molecular weight excluding hydrogens is 264 g/mol. The first-order valence-electron chi connectivity index (χ1n) is 5.69. The van der Waals surface area contributed by atoms with Gasteiger partial charge in [-0.05, 0) is 23.3 Å². The number of halogens is 1. The van der Waals surface area contributed by atoms with Gasteiger partial charge >= 0.3 is 0 Å². The molecule has 2 aromatic rings. The standard InChI is InChI=1S/C15H13ClOS/c16-13-8-4-7-12(9-13)14(10-15(17)18)11-5-2-1-3-6-11/h1-9,14H,10H2,(H,17,18). The molecule has 0 radical (unpaired) electrons. The fourth-order valence-corrected chi connectivity index (χ4v) is 2.39. The molecule has 18 heavy (non-hydrogen) atoms. The van der Waals surface area contributed by atoms with Gasteiger partial charge in [-0.2, -0.15) is 0 Å². The molecule has 0 aliphatic heterocycles. The first kappa shape index (κ1) is 13.2. The summed E-state index contributed by atoms with van der Waals surface area (Å²) in [5.74, 6) is 0.00917. The Morgan fingerprint density at radius 3 is 2.33 bits per heavy atom. The van der Waals surface area contributed by atoms with Gasteiger partial charge in [0.2, 0.25) is 0 Å². The van der Waals surface area contributed by atoms with Gasteiger partial charge in [-0.15, -0.1) is 12.6 Å². The van der Waals surface area contributed by atoms with E-state index in [-0.39, 0.29) is 11.0 Å². The third-order valence-corrected chi connectivity index (χ3v) is 3.25. The van der Waals surface area contributed by atoms with Crippen LogP contribution in [0, 0.1) is 0 Å². The van der Waals surface area contributed by atoms with E-state index in [4.69, 9.17) is 11.6 Å². The monoisotopic (exact) mass is 276 g/mol. The highest BCUT2D eigenvalue weighted by atomic mass is 35.5. The quantitative estimate of drug-likeness (QED) is 0.823. The summed E-state index contributed by atoms with van der Waals surface area (Å²) in [4.78, 5) is 11.3. The van der Waals surface area contributed by atoms with Crippen LogP contribution in [-0.4, -0.2) is 5.12 Å². The van der Waals surface area contributed by atoms with Gasteiger partial charge in [0.15, 0.2) is 5.12 Å². The maximum atomic E-state index is 11.3. The van der Waals surface area contributed by atoms with Crippen molar-refractivity contribution in [3.05, 3.63) is 70.7 Å². The van der Waals surface area contributed by atoms with Crippen LogP contribution in [0.5, 0.6) is 0 Å². The van der Waals surface area contributed by atoms with Gasteiger partial charge in [0, 0.05) is 17.4 Å². The van der Waals surface area contributed by atoms with Crippen molar-refractivity contribution in [1.29, 1.82) is 0 Å². The molecule has 0 aliphatic carbocycles. The zero-order chi connectivity index (χ0) is 13.0. The lowest BCUT2D eigenvalue weighted by molar-refractivity contribution is -0.111. The van der Waals surface area contributed by atoms with Gasteiger partial charge in [-0.25, -0.2) is 0 Å². The van der Waals surface area contributed by atoms with Gasteiger partial charge in [0.05, 0.1) is 0 Å². The molecule has 0 aliphatic rings. The summed E-state index contributed by atoms with van der Waals surface area (Å²) in [6.45, 7) is 0. The molecule has 1 atom stereocenters. The van der Waals surface area contributed by atoms with Crippen LogP contribution in [0.4, 0.5) is 0 Å². The van der Waals surface area contributed by atoms with Crippen LogP contribution in [0.2, 0.25) is 5.02 Å². The van der Waals surface area contributed by atoms with Crippen molar-refractivity contribution in [1.82, 2.24) is 0 Å². The lowest BCUT2D eigenvalue weighted by atomic mass is 9.89. The molecule has 0 saturated heterocycles. The third kappa shape index (κ3) is 3.37. The molecule has 2 aromatic carbocycles. The van der Waals surface area contributed by atoms with E-state index < -0.39 is 0 Å².